The average molecular weight is 324 g/mol. The van der Waals surface area contributed by atoms with E-state index in [1.807, 2.05) is 54.8 Å². The monoisotopic (exact) mass is 324 g/mol. The summed E-state index contributed by atoms with van der Waals surface area (Å²) < 4.78 is 5.79. The molecule has 0 aliphatic heterocycles. The minimum atomic E-state index is -0.954. The molecule has 0 saturated carbocycles. The summed E-state index contributed by atoms with van der Waals surface area (Å²) in [5.41, 5.74) is 3.31. The number of carboxylic acid groups (broad SMARTS) is 1. The first-order valence-electron chi connectivity index (χ1n) is 7.22. The molecule has 0 radical (unpaired) electrons. The number of hydrogen-bond donors (Lipinski definition) is 1. The molecule has 1 aromatic heterocycles. The summed E-state index contributed by atoms with van der Waals surface area (Å²) >= 11 is 1.60. The second kappa shape index (κ2) is 6.67. The number of rotatable bonds is 5. The number of aromatic carboxylic acids is 1. The maximum absolute atomic E-state index is 11.4. The maximum Gasteiger partial charge on any atom is 0.335 e. The van der Waals surface area contributed by atoms with Crippen LogP contribution in [0.5, 0.6) is 5.75 Å². The van der Waals surface area contributed by atoms with Gasteiger partial charge in [0, 0.05) is 4.88 Å². The molecule has 0 saturated heterocycles. The van der Waals surface area contributed by atoms with Gasteiger partial charge in [0.1, 0.15) is 12.4 Å². The van der Waals surface area contributed by atoms with Crippen LogP contribution in [-0.2, 0) is 6.61 Å². The van der Waals surface area contributed by atoms with E-state index in [1.54, 1.807) is 23.5 Å². The van der Waals surface area contributed by atoms with Crippen molar-refractivity contribution in [3.05, 3.63) is 76.7 Å². The molecular formula is C19H16O3S. The molecule has 0 bridgehead atoms. The summed E-state index contributed by atoms with van der Waals surface area (Å²) in [6.07, 6.45) is 0. The molecule has 4 heteroatoms. The topological polar surface area (TPSA) is 46.5 Å². The zero-order chi connectivity index (χ0) is 16.2. The summed E-state index contributed by atoms with van der Waals surface area (Å²) in [4.78, 5) is 12.4. The van der Waals surface area contributed by atoms with E-state index in [0.717, 1.165) is 21.6 Å². The van der Waals surface area contributed by atoms with Crippen molar-refractivity contribution in [2.75, 3.05) is 0 Å². The summed E-state index contributed by atoms with van der Waals surface area (Å²) in [5, 5.41) is 11.4. The second-order valence-electron chi connectivity index (χ2n) is 5.31. The van der Waals surface area contributed by atoms with Crippen LogP contribution in [0.1, 0.15) is 21.5 Å². The fourth-order valence-corrected chi connectivity index (χ4v) is 3.16. The molecule has 0 unspecified atom stereocenters. The summed E-state index contributed by atoms with van der Waals surface area (Å²) in [6.45, 7) is 2.43. The largest absolute Gasteiger partial charge is 0.489 e. The van der Waals surface area contributed by atoms with Crippen LogP contribution in [-0.4, -0.2) is 11.1 Å². The van der Waals surface area contributed by atoms with Gasteiger partial charge in [-0.1, -0.05) is 30.3 Å². The predicted octanol–water partition coefficient (Wildman–Crippen LogP) is 5.00. The first-order valence-corrected chi connectivity index (χ1v) is 8.10. The molecule has 0 aliphatic carbocycles. The van der Waals surface area contributed by atoms with Crippen molar-refractivity contribution in [1.82, 2.24) is 0 Å². The molecule has 0 amide bonds. The smallest absolute Gasteiger partial charge is 0.335 e. The minimum absolute atomic E-state index is 0.233. The Morgan fingerprint density at radius 1 is 1.13 bits per heavy atom. The van der Waals surface area contributed by atoms with Crippen molar-refractivity contribution in [2.24, 2.45) is 0 Å². The number of ether oxygens (including phenoxy) is 1. The number of aryl methyl sites for hydroxylation is 1. The van der Waals surface area contributed by atoms with E-state index in [1.165, 1.54) is 0 Å². The Hall–Kier alpha value is -2.59. The number of benzene rings is 2. The zero-order valence-corrected chi connectivity index (χ0v) is 13.5. The van der Waals surface area contributed by atoms with Gasteiger partial charge in [0.05, 0.1) is 5.56 Å². The van der Waals surface area contributed by atoms with E-state index >= 15 is 0 Å². The molecule has 1 N–H and O–H groups in total. The van der Waals surface area contributed by atoms with Gasteiger partial charge >= 0.3 is 5.97 Å². The highest BCUT2D eigenvalue weighted by molar-refractivity contribution is 7.13. The van der Waals surface area contributed by atoms with E-state index in [4.69, 9.17) is 4.74 Å². The van der Waals surface area contributed by atoms with Crippen LogP contribution in [0.2, 0.25) is 0 Å². The predicted molar refractivity (Wildman–Crippen MR) is 92.2 cm³/mol. The summed E-state index contributed by atoms with van der Waals surface area (Å²) in [6, 6.07) is 17.0. The Kier molecular flexibility index (Phi) is 4.44. The van der Waals surface area contributed by atoms with Gasteiger partial charge in [-0.2, -0.15) is 0 Å². The molecule has 1 heterocycles. The van der Waals surface area contributed by atoms with Crippen molar-refractivity contribution in [3.8, 4) is 16.2 Å². The highest BCUT2D eigenvalue weighted by atomic mass is 32.1. The number of carbonyl (C=O) groups is 1. The Bertz CT molecular complexity index is 822. The molecule has 3 rings (SSSR count). The standard InChI is InChI=1S/C19H16O3S/c1-13-7-18(23-12-13)15-8-16(19(20)21)10-17(9-15)22-11-14-5-3-2-4-6-14/h2-10,12H,11H2,1H3,(H,20,21). The van der Waals surface area contributed by atoms with Gasteiger partial charge in [0.25, 0.3) is 0 Å². The maximum atomic E-state index is 11.4. The third-order valence-electron chi connectivity index (χ3n) is 3.42. The lowest BCUT2D eigenvalue weighted by Crippen LogP contribution is -2.00. The van der Waals surface area contributed by atoms with Crippen LogP contribution in [0, 0.1) is 6.92 Å². The van der Waals surface area contributed by atoms with E-state index in [2.05, 4.69) is 0 Å². The van der Waals surface area contributed by atoms with E-state index in [9.17, 15) is 9.90 Å². The number of carboxylic acids is 1. The summed E-state index contributed by atoms with van der Waals surface area (Å²) in [5.74, 6) is -0.389. The Morgan fingerprint density at radius 2 is 1.91 bits per heavy atom. The zero-order valence-electron chi connectivity index (χ0n) is 12.7. The molecule has 3 nitrogen and oxygen atoms in total. The number of thiophene rings is 1. The fourth-order valence-electron chi connectivity index (χ4n) is 2.27. The van der Waals surface area contributed by atoms with Crippen molar-refractivity contribution in [3.63, 3.8) is 0 Å². The van der Waals surface area contributed by atoms with Gasteiger partial charge in [-0.25, -0.2) is 4.79 Å². The molecule has 0 aliphatic rings. The lowest BCUT2D eigenvalue weighted by molar-refractivity contribution is 0.0696. The molecule has 116 valence electrons. The van der Waals surface area contributed by atoms with Gasteiger partial charge in [0.2, 0.25) is 0 Å². The molecule has 0 fully saturated rings. The SMILES string of the molecule is Cc1csc(-c2cc(OCc3ccccc3)cc(C(=O)O)c2)c1. The Morgan fingerprint density at radius 3 is 2.57 bits per heavy atom. The lowest BCUT2D eigenvalue weighted by atomic mass is 10.1. The molecular weight excluding hydrogens is 308 g/mol. The normalized spacial score (nSPS) is 10.5. The molecule has 2 aromatic carbocycles. The lowest BCUT2D eigenvalue weighted by Gasteiger charge is -2.09. The van der Waals surface area contributed by atoms with Gasteiger partial charge in [-0.05, 0) is 53.3 Å². The quantitative estimate of drug-likeness (QED) is 0.718. The highest BCUT2D eigenvalue weighted by Gasteiger charge is 2.10. The highest BCUT2D eigenvalue weighted by Crippen LogP contribution is 2.31. The van der Waals surface area contributed by atoms with Gasteiger partial charge in [-0.15, -0.1) is 11.3 Å². The first-order chi connectivity index (χ1) is 11.1. The van der Waals surface area contributed by atoms with E-state index in [-0.39, 0.29) is 5.56 Å². The second-order valence-corrected chi connectivity index (χ2v) is 6.23. The molecule has 23 heavy (non-hydrogen) atoms. The minimum Gasteiger partial charge on any atom is -0.489 e. The van der Waals surface area contributed by atoms with Gasteiger partial charge in [0.15, 0.2) is 0 Å². The fraction of sp³-hybridized carbons (Fsp3) is 0.105. The van der Waals surface area contributed by atoms with Crippen molar-refractivity contribution < 1.29 is 14.6 Å². The average Bonchev–Trinajstić information content (AvgIpc) is 3.00. The third kappa shape index (κ3) is 3.79. The van der Waals surface area contributed by atoms with Gasteiger partial charge < -0.3 is 9.84 Å². The Labute approximate surface area is 138 Å². The van der Waals surface area contributed by atoms with E-state index in [0.29, 0.717) is 12.4 Å². The third-order valence-corrected chi connectivity index (χ3v) is 4.51. The van der Waals surface area contributed by atoms with Crippen molar-refractivity contribution >= 4 is 17.3 Å². The van der Waals surface area contributed by atoms with Crippen molar-refractivity contribution in [2.45, 2.75) is 13.5 Å². The Balaban J connectivity index is 1.90. The van der Waals surface area contributed by atoms with Gasteiger partial charge in [-0.3, -0.25) is 0 Å². The molecule has 0 spiro atoms. The molecule has 0 atom stereocenters. The summed E-state index contributed by atoms with van der Waals surface area (Å²) in [7, 11) is 0. The van der Waals surface area contributed by atoms with Crippen molar-refractivity contribution in [1.29, 1.82) is 0 Å². The van der Waals surface area contributed by atoms with Crippen LogP contribution in [0.25, 0.3) is 10.4 Å². The van der Waals surface area contributed by atoms with Crippen LogP contribution >= 0.6 is 11.3 Å². The molecule has 3 aromatic rings. The number of hydrogen-bond acceptors (Lipinski definition) is 3. The van der Waals surface area contributed by atoms with E-state index < -0.39 is 5.97 Å². The van der Waals surface area contributed by atoms with Crippen LogP contribution in [0.3, 0.4) is 0 Å². The van der Waals surface area contributed by atoms with Crippen LogP contribution in [0.15, 0.2) is 60.0 Å². The first kappa shape index (κ1) is 15.3. The van der Waals surface area contributed by atoms with Crippen LogP contribution < -0.4 is 4.74 Å². The van der Waals surface area contributed by atoms with Crippen LogP contribution in [0.4, 0.5) is 0 Å².